The Morgan fingerprint density at radius 1 is 1.11 bits per heavy atom. The Morgan fingerprint density at radius 3 is 2.39 bits per heavy atom. The molecule has 0 spiro atoms. The van der Waals surface area contributed by atoms with E-state index in [0.717, 1.165) is 12.1 Å². The number of nitrogens with one attached hydrogen (secondary N) is 3. The van der Waals surface area contributed by atoms with Gasteiger partial charge in [0.15, 0.2) is 0 Å². The monoisotopic (exact) mass is 403 g/mol. The molecule has 0 unspecified atom stereocenters. The third kappa shape index (κ3) is 6.16. The van der Waals surface area contributed by atoms with Crippen LogP contribution in [-0.2, 0) is 4.79 Å². The second kappa shape index (κ2) is 9.46. The highest BCUT2D eigenvalue weighted by Crippen LogP contribution is 2.27. The van der Waals surface area contributed by atoms with Crippen molar-refractivity contribution in [3.8, 4) is 5.75 Å². The summed E-state index contributed by atoms with van der Waals surface area (Å²) in [6.45, 7) is 6.05. The highest BCUT2D eigenvalue weighted by molar-refractivity contribution is 6.31. The molecule has 2 rings (SSSR count). The minimum Gasteiger partial charge on any atom is -0.495 e. The van der Waals surface area contributed by atoms with Crippen molar-refractivity contribution in [3.63, 3.8) is 0 Å². The van der Waals surface area contributed by atoms with Gasteiger partial charge in [0.05, 0.1) is 19.3 Å². The Labute approximate surface area is 170 Å². The molecule has 2 aromatic carbocycles. The number of halogens is 1. The van der Waals surface area contributed by atoms with E-state index >= 15 is 0 Å². The molecule has 150 valence electrons. The van der Waals surface area contributed by atoms with E-state index in [1.807, 2.05) is 20.8 Å². The minimum absolute atomic E-state index is 0.0596. The van der Waals surface area contributed by atoms with Crippen LogP contribution in [0.1, 0.15) is 37.6 Å². The van der Waals surface area contributed by atoms with Crippen LogP contribution >= 0.6 is 11.6 Å². The Bertz CT molecular complexity index is 835. The van der Waals surface area contributed by atoms with Crippen LogP contribution in [0.15, 0.2) is 42.5 Å². The number of ether oxygens (including phenoxy) is 1. The van der Waals surface area contributed by atoms with Gasteiger partial charge in [0.25, 0.3) is 5.91 Å². The number of methoxy groups -OCH3 is 1. The number of hydrogen-bond acceptors (Lipinski definition) is 4. The molecule has 0 aliphatic rings. The fourth-order valence-corrected chi connectivity index (χ4v) is 2.53. The molecule has 2 aromatic rings. The van der Waals surface area contributed by atoms with Crippen LogP contribution in [0.5, 0.6) is 5.75 Å². The molecule has 2 amide bonds. The average Bonchev–Trinajstić information content (AvgIpc) is 2.66. The molecule has 0 radical (unpaired) electrons. The summed E-state index contributed by atoms with van der Waals surface area (Å²) in [6.07, 6.45) is 0.838. The van der Waals surface area contributed by atoms with Crippen molar-refractivity contribution in [3.05, 3.63) is 53.1 Å². The maximum absolute atomic E-state index is 12.3. The lowest BCUT2D eigenvalue weighted by atomic mass is 10.0. The lowest BCUT2D eigenvalue weighted by Gasteiger charge is -2.24. The zero-order valence-electron chi connectivity index (χ0n) is 16.6. The molecular formula is C21H26ClN3O3. The molecule has 0 bridgehead atoms. The predicted molar refractivity (Wildman–Crippen MR) is 113 cm³/mol. The molecule has 28 heavy (non-hydrogen) atoms. The van der Waals surface area contributed by atoms with Gasteiger partial charge in [-0.2, -0.15) is 0 Å². The van der Waals surface area contributed by atoms with Gasteiger partial charge in [-0.25, -0.2) is 0 Å². The Morgan fingerprint density at radius 2 is 1.79 bits per heavy atom. The summed E-state index contributed by atoms with van der Waals surface area (Å²) in [5, 5.41) is 9.28. The summed E-state index contributed by atoms with van der Waals surface area (Å²) in [4.78, 5) is 24.5. The lowest BCUT2D eigenvalue weighted by molar-refractivity contribution is -0.114. The summed E-state index contributed by atoms with van der Waals surface area (Å²) < 4.78 is 5.21. The van der Waals surface area contributed by atoms with Gasteiger partial charge in [-0.05, 0) is 62.7 Å². The quantitative estimate of drug-likeness (QED) is 0.613. The van der Waals surface area contributed by atoms with Crippen molar-refractivity contribution in [1.29, 1.82) is 0 Å². The second-order valence-corrected chi connectivity index (χ2v) is 7.45. The average molecular weight is 404 g/mol. The molecule has 6 nitrogen and oxygen atoms in total. The third-order valence-electron chi connectivity index (χ3n) is 4.37. The molecule has 0 saturated heterocycles. The molecule has 0 aliphatic heterocycles. The number of hydrogen-bond donors (Lipinski definition) is 3. The highest BCUT2D eigenvalue weighted by atomic mass is 35.5. The maximum Gasteiger partial charge on any atom is 0.251 e. The van der Waals surface area contributed by atoms with E-state index in [-0.39, 0.29) is 23.9 Å². The number of carbonyl (C=O) groups is 2. The molecular weight excluding hydrogens is 378 g/mol. The normalized spacial score (nSPS) is 10.9. The summed E-state index contributed by atoms with van der Waals surface area (Å²) in [5.41, 5.74) is 1.56. The summed E-state index contributed by atoms with van der Waals surface area (Å²) in [5.74, 6) is 0.166. The van der Waals surface area contributed by atoms with Gasteiger partial charge in [0, 0.05) is 21.8 Å². The first-order valence-electron chi connectivity index (χ1n) is 9.04. The van der Waals surface area contributed by atoms with Crippen LogP contribution in [0.4, 0.5) is 11.4 Å². The molecule has 0 atom stereocenters. The third-order valence-corrected chi connectivity index (χ3v) is 4.61. The first kappa shape index (κ1) is 21.6. The number of benzene rings is 2. The van der Waals surface area contributed by atoms with E-state index in [4.69, 9.17) is 16.3 Å². The number of carbonyl (C=O) groups excluding carboxylic acids is 2. The predicted octanol–water partition coefficient (Wildman–Crippen LogP) is 4.32. The SMILES string of the molecule is CCC(C)(C)NC(=O)c1ccc(NCC(=O)Nc2cc(Cl)ccc2OC)cc1. The molecule has 0 aliphatic carbocycles. The molecule has 0 saturated carbocycles. The van der Waals surface area contributed by atoms with Crippen molar-refractivity contribution in [1.82, 2.24) is 5.32 Å². The lowest BCUT2D eigenvalue weighted by Crippen LogP contribution is -2.42. The van der Waals surface area contributed by atoms with Crippen LogP contribution in [0.2, 0.25) is 5.02 Å². The fraction of sp³-hybridized carbons (Fsp3) is 0.333. The molecule has 0 fully saturated rings. The van der Waals surface area contributed by atoms with Gasteiger partial charge in [0.1, 0.15) is 5.75 Å². The zero-order valence-corrected chi connectivity index (χ0v) is 17.3. The standard InChI is InChI=1S/C21H26ClN3O3/c1-5-21(2,3)25-20(27)14-6-9-16(10-7-14)23-13-19(26)24-17-12-15(22)8-11-18(17)28-4/h6-12,23H,5,13H2,1-4H3,(H,24,26)(H,25,27). The Balaban J connectivity index is 1.92. The van der Waals surface area contributed by atoms with Crippen molar-refractivity contribution in [2.24, 2.45) is 0 Å². The van der Waals surface area contributed by atoms with Crippen LogP contribution in [-0.4, -0.2) is 31.0 Å². The maximum atomic E-state index is 12.3. The first-order valence-corrected chi connectivity index (χ1v) is 9.41. The number of rotatable bonds is 8. The number of amides is 2. The van der Waals surface area contributed by atoms with Crippen LogP contribution in [0, 0.1) is 0 Å². The van der Waals surface area contributed by atoms with Gasteiger partial charge in [0.2, 0.25) is 5.91 Å². The van der Waals surface area contributed by atoms with E-state index in [1.54, 1.807) is 42.5 Å². The second-order valence-electron chi connectivity index (χ2n) is 7.02. The highest BCUT2D eigenvalue weighted by Gasteiger charge is 2.18. The van der Waals surface area contributed by atoms with Gasteiger partial charge in [-0.3, -0.25) is 9.59 Å². The van der Waals surface area contributed by atoms with Gasteiger partial charge in [-0.15, -0.1) is 0 Å². The Kier molecular flexibility index (Phi) is 7.29. The smallest absolute Gasteiger partial charge is 0.251 e. The van der Waals surface area contributed by atoms with Crippen molar-refractivity contribution >= 4 is 34.8 Å². The van der Waals surface area contributed by atoms with E-state index < -0.39 is 0 Å². The van der Waals surface area contributed by atoms with Gasteiger partial charge < -0.3 is 20.7 Å². The fourth-order valence-electron chi connectivity index (χ4n) is 2.36. The van der Waals surface area contributed by atoms with Crippen LogP contribution < -0.4 is 20.7 Å². The van der Waals surface area contributed by atoms with Crippen molar-refractivity contribution < 1.29 is 14.3 Å². The Hall–Kier alpha value is -2.73. The van der Waals surface area contributed by atoms with Gasteiger partial charge >= 0.3 is 0 Å². The first-order chi connectivity index (χ1) is 13.2. The van der Waals surface area contributed by atoms with Gasteiger partial charge in [-0.1, -0.05) is 18.5 Å². The molecule has 0 heterocycles. The molecule has 0 aromatic heterocycles. The van der Waals surface area contributed by atoms with Crippen molar-refractivity contribution in [2.75, 3.05) is 24.3 Å². The summed E-state index contributed by atoms with van der Waals surface area (Å²) in [6, 6.07) is 12.0. The summed E-state index contributed by atoms with van der Waals surface area (Å²) in [7, 11) is 1.52. The van der Waals surface area contributed by atoms with E-state index in [2.05, 4.69) is 16.0 Å². The van der Waals surface area contributed by atoms with E-state index in [0.29, 0.717) is 22.0 Å². The van der Waals surface area contributed by atoms with Crippen LogP contribution in [0.25, 0.3) is 0 Å². The summed E-state index contributed by atoms with van der Waals surface area (Å²) >= 11 is 5.96. The number of anilines is 2. The molecule has 7 heteroatoms. The largest absolute Gasteiger partial charge is 0.495 e. The van der Waals surface area contributed by atoms with Crippen LogP contribution in [0.3, 0.4) is 0 Å². The van der Waals surface area contributed by atoms with E-state index in [1.165, 1.54) is 7.11 Å². The zero-order chi connectivity index (χ0) is 20.7. The topological polar surface area (TPSA) is 79.5 Å². The molecule has 3 N–H and O–H groups in total. The van der Waals surface area contributed by atoms with E-state index in [9.17, 15) is 9.59 Å². The minimum atomic E-state index is -0.256. The van der Waals surface area contributed by atoms with Crippen molar-refractivity contribution in [2.45, 2.75) is 32.7 Å².